The molecule has 1 N–H and O–H groups in total. The van der Waals surface area contributed by atoms with Gasteiger partial charge in [-0.3, -0.25) is 0 Å². The third kappa shape index (κ3) is 4.29. The zero-order chi connectivity index (χ0) is 20.1. The number of para-hydroxylation sites is 2. The van der Waals surface area contributed by atoms with E-state index in [1.165, 1.54) is 0 Å². The first-order valence-corrected chi connectivity index (χ1v) is 10.5. The van der Waals surface area contributed by atoms with Gasteiger partial charge >= 0.3 is 6.03 Å². The topological polar surface area (TPSA) is 62.1 Å². The lowest BCUT2D eigenvalue weighted by Gasteiger charge is -2.24. The lowest BCUT2D eigenvalue weighted by atomic mass is 10.3. The summed E-state index contributed by atoms with van der Waals surface area (Å²) in [5, 5.41) is 3.01. The highest BCUT2D eigenvalue weighted by atomic mass is 16.5. The average Bonchev–Trinajstić information content (AvgIpc) is 3.11. The van der Waals surface area contributed by atoms with E-state index in [1.54, 1.807) is 0 Å². The molecule has 0 saturated carbocycles. The second-order valence-electron chi connectivity index (χ2n) is 7.30. The fraction of sp³-hybridized carbons (Fsp3) is 0.455. The van der Waals surface area contributed by atoms with Crippen LogP contribution in [0.25, 0.3) is 16.6 Å². The van der Waals surface area contributed by atoms with Crippen LogP contribution in [0.4, 0.5) is 10.6 Å². The molecular weight excluding hydrogens is 366 g/mol. The maximum Gasteiger partial charge on any atom is 0.317 e. The van der Waals surface area contributed by atoms with Gasteiger partial charge in [0.05, 0.1) is 16.6 Å². The monoisotopic (exact) mass is 395 g/mol. The van der Waals surface area contributed by atoms with Crippen molar-refractivity contribution in [2.45, 2.75) is 19.8 Å². The minimum atomic E-state index is 0.0163. The van der Waals surface area contributed by atoms with Gasteiger partial charge in [-0.1, -0.05) is 12.1 Å². The number of carbonyl (C=O) groups excluding carboxylic acids is 1. The normalized spacial score (nSPS) is 15.1. The van der Waals surface area contributed by atoms with Gasteiger partial charge in [-0.15, -0.1) is 0 Å². The zero-order valence-electron chi connectivity index (χ0n) is 17.0. The van der Waals surface area contributed by atoms with Crippen LogP contribution in [0.15, 0.2) is 42.6 Å². The number of urea groups is 1. The summed E-state index contributed by atoms with van der Waals surface area (Å²) in [5.74, 6) is 0.993. The van der Waals surface area contributed by atoms with Gasteiger partial charge in [-0.05, 0) is 44.0 Å². The molecular formula is C22H29N5O2. The third-order valence-corrected chi connectivity index (χ3v) is 5.37. The molecule has 0 radical (unpaired) electrons. The molecule has 0 spiro atoms. The molecule has 0 bridgehead atoms. The molecule has 3 aromatic rings. The predicted molar refractivity (Wildman–Crippen MR) is 116 cm³/mol. The Morgan fingerprint density at radius 3 is 2.86 bits per heavy atom. The molecule has 4 rings (SSSR count). The standard InChI is InChI=1S/C22H29N5O2/c1-2-29-17-6-11-23-22(28)26-13-7-12-25(15-16-26)21-20-10-5-14-27(20)19-9-4-3-8-18(19)24-21/h3-5,8-10,14H,2,6-7,11-13,15-17H2,1H3,(H,23,28). The Labute approximate surface area is 171 Å². The number of benzene rings is 1. The number of anilines is 1. The van der Waals surface area contributed by atoms with Crippen molar-refractivity contribution in [3.63, 3.8) is 0 Å². The number of hydrogen-bond acceptors (Lipinski definition) is 4. The predicted octanol–water partition coefficient (Wildman–Crippen LogP) is 3.14. The Morgan fingerprint density at radius 1 is 1.10 bits per heavy atom. The first-order chi connectivity index (χ1) is 14.3. The fourth-order valence-electron chi connectivity index (χ4n) is 3.90. The van der Waals surface area contributed by atoms with Crippen LogP contribution in [0.2, 0.25) is 0 Å². The Balaban J connectivity index is 1.44. The summed E-state index contributed by atoms with van der Waals surface area (Å²) in [4.78, 5) is 21.7. The lowest BCUT2D eigenvalue weighted by Crippen LogP contribution is -2.42. The number of aromatic nitrogens is 2. The summed E-state index contributed by atoms with van der Waals surface area (Å²) in [6.45, 7) is 7.15. The summed E-state index contributed by atoms with van der Waals surface area (Å²) in [6.07, 6.45) is 3.85. The highest BCUT2D eigenvalue weighted by molar-refractivity contribution is 5.85. The van der Waals surface area contributed by atoms with Crippen LogP contribution in [-0.4, -0.2) is 66.3 Å². The number of carbonyl (C=O) groups is 1. The Kier molecular flexibility index (Phi) is 6.14. The molecule has 2 amide bonds. The SMILES string of the molecule is CCOCCCNC(=O)N1CCCN(c2nc3ccccc3n3cccc23)CC1. The number of nitrogens with zero attached hydrogens (tertiary/aromatic N) is 4. The number of rotatable bonds is 6. The third-order valence-electron chi connectivity index (χ3n) is 5.37. The summed E-state index contributed by atoms with van der Waals surface area (Å²) in [5.41, 5.74) is 3.20. The van der Waals surface area contributed by atoms with Crippen LogP contribution >= 0.6 is 0 Å². The number of nitrogens with one attached hydrogen (secondary N) is 1. The van der Waals surface area contributed by atoms with E-state index < -0.39 is 0 Å². The molecule has 1 aromatic carbocycles. The maximum absolute atomic E-state index is 12.5. The average molecular weight is 396 g/mol. The molecule has 3 heterocycles. The number of fused-ring (bicyclic) bond motifs is 3. The van der Waals surface area contributed by atoms with E-state index in [1.807, 2.05) is 24.0 Å². The van der Waals surface area contributed by atoms with E-state index >= 15 is 0 Å². The molecule has 0 atom stereocenters. The van der Waals surface area contributed by atoms with Gasteiger partial charge in [-0.2, -0.15) is 0 Å². The number of ether oxygens (including phenoxy) is 1. The van der Waals surface area contributed by atoms with Crippen LogP contribution in [-0.2, 0) is 4.74 Å². The van der Waals surface area contributed by atoms with E-state index in [2.05, 4.69) is 45.1 Å². The van der Waals surface area contributed by atoms with Crippen molar-refractivity contribution in [3.8, 4) is 0 Å². The summed E-state index contributed by atoms with van der Waals surface area (Å²) >= 11 is 0. The molecule has 7 heteroatoms. The molecule has 2 aromatic heterocycles. The van der Waals surface area contributed by atoms with Crippen LogP contribution in [0.1, 0.15) is 19.8 Å². The highest BCUT2D eigenvalue weighted by Gasteiger charge is 2.21. The second-order valence-corrected chi connectivity index (χ2v) is 7.30. The second kappa shape index (κ2) is 9.13. The lowest BCUT2D eigenvalue weighted by molar-refractivity contribution is 0.144. The molecule has 154 valence electrons. The van der Waals surface area contributed by atoms with E-state index in [0.717, 1.165) is 54.8 Å². The molecule has 1 aliphatic heterocycles. The smallest absolute Gasteiger partial charge is 0.317 e. The van der Waals surface area contributed by atoms with Gasteiger partial charge in [0.15, 0.2) is 5.82 Å². The largest absolute Gasteiger partial charge is 0.382 e. The summed E-state index contributed by atoms with van der Waals surface area (Å²) < 4.78 is 7.52. The van der Waals surface area contributed by atoms with Crippen molar-refractivity contribution < 1.29 is 9.53 Å². The molecule has 0 aliphatic carbocycles. The Hall–Kier alpha value is -2.80. The Morgan fingerprint density at radius 2 is 1.97 bits per heavy atom. The van der Waals surface area contributed by atoms with Crippen molar-refractivity contribution in [1.29, 1.82) is 0 Å². The quantitative estimate of drug-likeness (QED) is 0.652. The van der Waals surface area contributed by atoms with Crippen molar-refractivity contribution in [2.24, 2.45) is 0 Å². The van der Waals surface area contributed by atoms with Gasteiger partial charge in [0.1, 0.15) is 0 Å². The van der Waals surface area contributed by atoms with Crippen molar-refractivity contribution >= 4 is 28.4 Å². The van der Waals surface area contributed by atoms with Crippen LogP contribution in [0.5, 0.6) is 0 Å². The van der Waals surface area contributed by atoms with Gasteiger partial charge in [-0.25, -0.2) is 9.78 Å². The van der Waals surface area contributed by atoms with Gasteiger partial charge < -0.3 is 24.3 Å². The van der Waals surface area contributed by atoms with Crippen LogP contribution in [0, 0.1) is 0 Å². The van der Waals surface area contributed by atoms with Gasteiger partial charge in [0.25, 0.3) is 0 Å². The summed E-state index contributed by atoms with van der Waals surface area (Å²) in [7, 11) is 0. The minimum Gasteiger partial charge on any atom is -0.382 e. The highest BCUT2D eigenvalue weighted by Crippen LogP contribution is 2.26. The van der Waals surface area contributed by atoms with Crippen molar-refractivity contribution in [2.75, 3.05) is 50.8 Å². The molecule has 1 saturated heterocycles. The zero-order valence-corrected chi connectivity index (χ0v) is 17.0. The minimum absolute atomic E-state index is 0.0163. The van der Waals surface area contributed by atoms with E-state index in [0.29, 0.717) is 26.3 Å². The molecule has 1 fully saturated rings. The van der Waals surface area contributed by atoms with Gasteiger partial charge in [0.2, 0.25) is 0 Å². The molecule has 29 heavy (non-hydrogen) atoms. The Bertz CT molecular complexity index is 970. The number of amides is 2. The summed E-state index contributed by atoms with van der Waals surface area (Å²) in [6, 6.07) is 12.4. The first kappa shape index (κ1) is 19.5. The molecule has 7 nitrogen and oxygen atoms in total. The van der Waals surface area contributed by atoms with Crippen LogP contribution < -0.4 is 10.2 Å². The van der Waals surface area contributed by atoms with E-state index in [9.17, 15) is 4.79 Å². The van der Waals surface area contributed by atoms with Crippen molar-refractivity contribution in [1.82, 2.24) is 19.6 Å². The van der Waals surface area contributed by atoms with Gasteiger partial charge in [0, 0.05) is 52.1 Å². The molecule has 1 aliphatic rings. The van der Waals surface area contributed by atoms with Crippen molar-refractivity contribution in [3.05, 3.63) is 42.6 Å². The van der Waals surface area contributed by atoms with E-state index in [-0.39, 0.29) is 6.03 Å². The maximum atomic E-state index is 12.5. The first-order valence-electron chi connectivity index (χ1n) is 10.5. The number of hydrogen-bond donors (Lipinski definition) is 1. The van der Waals surface area contributed by atoms with Crippen LogP contribution in [0.3, 0.4) is 0 Å². The van der Waals surface area contributed by atoms with E-state index in [4.69, 9.17) is 9.72 Å². The molecule has 0 unspecified atom stereocenters. The fourth-order valence-corrected chi connectivity index (χ4v) is 3.90.